The van der Waals surface area contributed by atoms with Gasteiger partial charge in [0.15, 0.2) is 0 Å². The predicted molar refractivity (Wildman–Crippen MR) is 106 cm³/mol. The van der Waals surface area contributed by atoms with Crippen molar-refractivity contribution >= 4 is 36.8 Å². The van der Waals surface area contributed by atoms with Crippen LogP contribution in [-0.4, -0.2) is 78.7 Å². The summed E-state index contributed by atoms with van der Waals surface area (Å²) in [5, 5.41) is 13.7. The quantitative estimate of drug-likeness (QED) is 0.206. The SMILES string of the molecule is O=[N+]([O-])c1ccc(COP(=O)(NCCN2CCOCC2)N(CCCl)CCCl)o1. The second kappa shape index (κ2) is 12.1. The van der Waals surface area contributed by atoms with E-state index in [0.717, 1.165) is 13.1 Å². The molecular weight excluding hydrogens is 434 g/mol. The summed E-state index contributed by atoms with van der Waals surface area (Å²) in [5.41, 5.74) is 0. The molecule has 0 radical (unpaired) electrons. The number of hydrogen-bond acceptors (Lipinski definition) is 7. The van der Waals surface area contributed by atoms with Crippen molar-refractivity contribution in [3.63, 3.8) is 0 Å². The van der Waals surface area contributed by atoms with Crippen molar-refractivity contribution in [2.75, 3.05) is 64.2 Å². The van der Waals surface area contributed by atoms with Crippen LogP contribution in [0, 0.1) is 10.1 Å². The summed E-state index contributed by atoms with van der Waals surface area (Å²) in [6, 6.07) is 2.65. The van der Waals surface area contributed by atoms with Gasteiger partial charge in [0.2, 0.25) is 0 Å². The lowest BCUT2D eigenvalue weighted by Crippen LogP contribution is -2.41. The molecule has 1 aromatic heterocycles. The third-order valence-corrected chi connectivity index (χ3v) is 6.70. The van der Waals surface area contributed by atoms with Crippen LogP contribution >= 0.6 is 30.9 Å². The minimum atomic E-state index is -3.48. The Morgan fingerprint density at radius 1 is 1.29 bits per heavy atom. The van der Waals surface area contributed by atoms with Gasteiger partial charge in [-0.2, -0.15) is 0 Å². The fourth-order valence-electron chi connectivity index (χ4n) is 2.67. The molecule has 28 heavy (non-hydrogen) atoms. The molecule has 1 aliphatic rings. The number of ether oxygens (including phenoxy) is 1. The zero-order valence-electron chi connectivity index (χ0n) is 15.4. The Kier molecular flexibility index (Phi) is 10.2. The maximum absolute atomic E-state index is 13.5. The average Bonchev–Trinajstić information content (AvgIpc) is 3.17. The summed E-state index contributed by atoms with van der Waals surface area (Å²) in [6.07, 6.45) is 0. The van der Waals surface area contributed by atoms with Crippen LogP contribution in [0.3, 0.4) is 0 Å². The molecular formula is C15H25Cl2N4O6P. The number of hydrogen-bond donors (Lipinski definition) is 1. The summed E-state index contributed by atoms with van der Waals surface area (Å²) < 4.78 is 31.1. The molecule has 1 N–H and O–H groups in total. The van der Waals surface area contributed by atoms with Crippen LogP contribution in [0.15, 0.2) is 16.5 Å². The van der Waals surface area contributed by atoms with Crippen molar-refractivity contribution in [2.45, 2.75) is 6.61 Å². The van der Waals surface area contributed by atoms with Gasteiger partial charge in [0.1, 0.15) is 17.3 Å². The highest BCUT2D eigenvalue weighted by atomic mass is 35.5. The van der Waals surface area contributed by atoms with Gasteiger partial charge in [-0.1, -0.05) is 0 Å². The molecule has 13 heteroatoms. The number of halogens is 2. The van der Waals surface area contributed by atoms with Gasteiger partial charge in [-0.05, 0) is 6.07 Å². The molecule has 10 nitrogen and oxygen atoms in total. The van der Waals surface area contributed by atoms with Crippen LogP contribution in [0.1, 0.15) is 5.76 Å². The van der Waals surface area contributed by atoms with Crippen LogP contribution in [-0.2, 0) is 20.4 Å². The van der Waals surface area contributed by atoms with Crippen molar-refractivity contribution in [2.24, 2.45) is 0 Å². The van der Waals surface area contributed by atoms with Gasteiger partial charge in [0.05, 0.1) is 19.3 Å². The summed E-state index contributed by atoms with van der Waals surface area (Å²) in [7, 11) is -3.48. The first-order chi connectivity index (χ1) is 13.5. The Morgan fingerprint density at radius 2 is 1.96 bits per heavy atom. The number of alkyl halides is 2. The Morgan fingerprint density at radius 3 is 2.54 bits per heavy atom. The smallest absolute Gasteiger partial charge is 0.403 e. The molecule has 2 heterocycles. The Hall–Kier alpha value is -0.710. The molecule has 1 aromatic rings. The van der Waals surface area contributed by atoms with Crippen molar-refractivity contribution in [1.29, 1.82) is 0 Å². The molecule has 1 fully saturated rings. The fraction of sp³-hybridized carbons (Fsp3) is 0.733. The lowest BCUT2D eigenvalue weighted by molar-refractivity contribution is -0.402. The van der Waals surface area contributed by atoms with E-state index in [1.807, 2.05) is 0 Å². The zero-order chi connectivity index (χ0) is 20.4. The van der Waals surface area contributed by atoms with E-state index >= 15 is 0 Å². The van der Waals surface area contributed by atoms with E-state index in [1.165, 1.54) is 12.1 Å². The monoisotopic (exact) mass is 458 g/mol. The van der Waals surface area contributed by atoms with E-state index in [-0.39, 0.29) is 24.1 Å². The van der Waals surface area contributed by atoms with E-state index in [2.05, 4.69) is 9.99 Å². The minimum Gasteiger partial charge on any atom is -0.403 e. The standard InChI is InChI=1S/C15H25Cl2N4O6P/c16-3-6-20(7-4-17)28(24,18-5-8-19-9-11-25-12-10-19)26-13-14-1-2-15(27-14)21(22)23/h1-2H,3-13H2,(H,18,24). The Balaban J connectivity index is 2.00. The molecule has 2 rings (SSSR count). The highest BCUT2D eigenvalue weighted by molar-refractivity contribution is 7.54. The molecule has 1 saturated heterocycles. The van der Waals surface area contributed by atoms with Gasteiger partial charge >= 0.3 is 13.6 Å². The van der Waals surface area contributed by atoms with E-state index in [9.17, 15) is 14.7 Å². The minimum absolute atomic E-state index is 0.184. The topological polar surface area (TPSA) is 110 Å². The Labute approximate surface area is 173 Å². The van der Waals surface area contributed by atoms with Gasteiger partial charge in [-0.15, -0.1) is 23.2 Å². The Bertz CT molecular complexity index is 652. The van der Waals surface area contributed by atoms with E-state index in [1.54, 1.807) is 4.67 Å². The normalized spacial score (nSPS) is 17.7. The molecule has 0 bridgehead atoms. The summed E-state index contributed by atoms with van der Waals surface area (Å²) in [5.74, 6) is 0.314. The van der Waals surface area contributed by atoms with Crippen LogP contribution < -0.4 is 5.09 Å². The number of nitro groups is 1. The summed E-state index contributed by atoms with van der Waals surface area (Å²) >= 11 is 11.7. The van der Waals surface area contributed by atoms with Crippen LogP contribution in [0.2, 0.25) is 0 Å². The molecule has 0 aliphatic carbocycles. The second-order valence-corrected chi connectivity index (χ2v) is 8.92. The molecule has 0 aromatic carbocycles. The van der Waals surface area contributed by atoms with Gasteiger partial charge < -0.3 is 9.15 Å². The number of rotatable bonds is 13. The highest BCUT2D eigenvalue weighted by Crippen LogP contribution is 2.47. The van der Waals surface area contributed by atoms with Crippen LogP contribution in [0.25, 0.3) is 0 Å². The van der Waals surface area contributed by atoms with Crippen molar-refractivity contribution < 1.29 is 23.2 Å². The number of furan rings is 1. The summed E-state index contributed by atoms with van der Waals surface area (Å²) in [6.45, 7) is 4.53. The average molecular weight is 459 g/mol. The van der Waals surface area contributed by atoms with Gasteiger partial charge in [-0.25, -0.2) is 9.76 Å². The maximum Gasteiger partial charge on any atom is 0.433 e. The van der Waals surface area contributed by atoms with E-state index < -0.39 is 18.5 Å². The van der Waals surface area contributed by atoms with Gasteiger partial charge in [-0.3, -0.25) is 24.1 Å². The molecule has 0 amide bonds. The van der Waals surface area contributed by atoms with Crippen LogP contribution in [0.5, 0.6) is 0 Å². The molecule has 1 aliphatic heterocycles. The zero-order valence-corrected chi connectivity index (χ0v) is 17.8. The molecule has 1 unspecified atom stereocenters. The van der Waals surface area contributed by atoms with E-state index in [4.69, 9.17) is 36.9 Å². The fourth-order valence-corrected chi connectivity index (χ4v) is 5.17. The van der Waals surface area contributed by atoms with Crippen LogP contribution in [0.4, 0.5) is 5.88 Å². The lowest BCUT2D eigenvalue weighted by atomic mass is 10.4. The number of morpholine rings is 1. The van der Waals surface area contributed by atoms with E-state index in [0.29, 0.717) is 39.4 Å². The molecule has 0 spiro atoms. The largest absolute Gasteiger partial charge is 0.433 e. The number of nitrogens with one attached hydrogen (secondary N) is 1. The van der Waals surface area contributed by atoms with Gasteiger partial charge in [0, 0.05) is 51.0 Å². The van der Waals surface area contributed by atoms with Crippen molar-refractivity contribution in [3.8, 4) is 0 Å². The highest BCUT2D eigenvalue weighted by Gasteiger charge is 2.32. The predicted octanol–water partition coefficient (Wildman–Crippen LogP) is 2.51. The summed E-state index contributed by atoms with van der Waals surface area (Å²) in [4.78, 5) is 12.3. The number of nitrogens with zero attached hydrogens (tertiary/aromatic N) is 3. The third-order valence-electron chi connectivity index (χ3n) is 4.11. The third kappa shape index (κ3) is 7.27. The maximum atomic E-state index is 13.5. The van der Waals surface area contributed by atoms with Gasteiger partial charge in [0.25, 0.3) is 0 Å². The molecule has 160 valence electrons. The molecule has 1 atom stereocenters. The first-order valence-corrected chi connectivity index (χ1v) is 11.5. The van der Waals surface area contributed by atoms with Crippen molar-refractivity contribution in [3.05, 3.63) is 28.0 Å². The first kappa shape index (κ1) is 23.6. The lowest BCUT2D eigenvalue weighted by Gasteiger charge is -2.32. The van der Waals surface area contributed by atoms with Crippen molar-refractivity contribution in [1.82, 2.24) is 14.7 Å². The first-order valence-electron chi connectivity index (χ1n) is 8.89. The second-order valence-electron chi connectivity index (χ2n) is 5.98. The molecule has 0 saturated carbocycles.